The quantitative estimate of drug-likeness (QED) is 0.551. The average molecular weight is 394 g/mol. The second kappa shape index (κ2) is 6.28. The van der Waals surface area contributed by atoms with Crippen LogP contribution in [0, 0.1) is 0 Å². The SMILES string of the molecule is C/C(=C\C(C)(C)c1ccc(Br)cc1)c1ccc(Br)cc1. The summed E-state index contributed by atoms with van der Waals surface area (Å²) in [5.74, 6) is 0. The van der Waals surface area contributed by atoms with Gasteiger partial charge < -0.3 is 0 Å². The summed E-state index contributed by atoms with van der Waals surface area (Å²) >= 11 is 6.96. The predicted molar refractivity (Wildman–Crippen MR) is 95.0 cm³/mol. The van der Waals surface area contributed by atoms with E-state index in [0.29, 0.717) is 0 Å². The van der Waals surface area contributed by atoms with Gasteiger partial charge in [0.05, 0.1) is 0 Å². The van der Waals surface area contributed by atoms with Gasteiger partial charge >= 0.3 is 0 Å². The highest BCUT2D eigenvalue weighted by Crippen LogP contribution is 2.30. The smallest absolute Gasteiger partial charge is 0.0175 e. The van der Waals surface area contributed by atoms with Crippen LogP contribution >= 0.6 is 31.9 Å². The zero-order valence-electron chi connectivity index (χ0n) is 12.0. The third-order valence-corrected chi connectivity index (χ3v) is 4.52. The van der Waals surface area contributed by atoms with E-state index in [1.807, 2.05) is 0 Å². The van der Waals surface area contributed by atoms with Crippen LogP contribution in [0.3, 0.4) is 0 Å². The molecule has 20 heavy (non-hydrogen) atoms. The van der Waals surface area contributed by atoms with E-state index < -0.39 is 0 Å². The molecule has 2 aromatic rings. The van der Waals surface area contributed by atoms with Crippen LogP contribution in [0.2, 0.25) is 0 Å². The standard InChI is InChI=1S/C18H18Br2/c1-13(14-4-8-16(19)9-5-14)12-18(2,3)15-6-10-17(20)11-7-15/h4-12H,1-3H3/b13-12+. The van der Waals surface area contributed by atoms with Crippen molar-refractivity contribution in [1.82, 2.24) is 0 Å². The first-order chi connectivity index (χ1) is 9.38. The molecule has 0 aromatic heterocycles. The number of hydrogen-bond acceptors (Lipinski definition) is 0. The molecule has 0 unspecified atom stereocenters. The fourth-order valence-corrected chi connectivity index (χ4v) is 2.83. The number of hydrogen-bond donors (Lipinski definition) is 0. The molecular weight excluding hydrogens is 376 g/mol. The van der Waals surface area contributed by atoms with E-state index in [4.69, 9.17) is 0 Å². The molecule has 0 radical (unpaired) electrons. The second-order valence-electron chi connectivity index (χ2n) is 5.56. The van der Waals surface area contributed by atoms with Crippen LogP contribution < -0.4 is 0 Å². The van der Waals surface area contributed by atoms with Crippen LogP contribution in [0.15, 0.2) is 63.6 Å². The van der Waals surface area contributed by atoms with Crippen molar-refractivity contribution in [1.29, 1.82) is 0 Å². The monoisotopic (exact) mass is 392 g/mol. The first kappa shape index (κ1) is 15.5. The maximum atomic E-state index is 3.49. The molecular formula is C18H18Br2. The molecule has 2 rings (SSSR count). The summed E-state index contributed by atoms with van der Waals surface area (Å²) in [4.78, 5) is 0. The fourth-order valence-electron chi connectivity index (χ4n) is 2.30. The van der Waals surface area contributed by atoms with E-state index in [2.05, 4.69) is 107 Å². The van der Waals surface area contributed by atoms with Gasteiger partial charge in [-0.1, -0.05) is 76.0 Å². The van der Waals surface area contributed by atoms with Crippen LogP contribution in [-0.2, 0) is 5.41 Å². The molecule has 0 N–H and O–H groups in total. The van der Waals surface area contributed by atoms with Gasteiger partial charge in [0.1, 0.15) is 0 Å². The first-order valence-corrected chi connectivity index (χ1v) is 8.18. The third kappa shape index (κ3) is 3.83. The molecule has 0 spiro atoms. The Kier molecular flexibility index (Phi) is 4.87. The lowest BCUT2D eigenvalue weighted by Gasteiger charge is -2.22. The van der Waals surface area contributed by atoms with Gasteiger partial charge in [0.2, 0.25) is 0 Å². The fraction of sp³-hybridized carbons (Fsp3) is 0.222. The number of benzene rings is 2. The number of rotatable bonds is 3. The molecule has 0 bridgehead atoms. The summed E-state index contributed by atoms with van der Waals surface area (Å²) in [5.41, 5.74) is 3.89. The highest BCUT2D eigenvalue weighted by atomic mass is 79.9. The molecule has 0 amide bonds. The zero-order valence-corrected chi connectivity index (χ0v) is 15.1. The van der Waals surface area contributed by atoms with Gasteiger partial charge in [0, 0.05) is 14.4 Å². The van der Waals surface area contributed by atoms with Crippen LogP contribution in [0.25, 0.3) is 5.57 Å². The Bertz CT molecular complexity index is 605. The van der Waals surface area contributed by atoms with Crippen LogP contribution in [0.1, 0.15) is 31.9 Å². The lowest BCUT2D eigenvalue weighted by molar-refractivity contribution is 0.671. The molecule has 0 saturated carbocycles. The molecule has 0 heterocycles. The minimum atomic E-state index is 0.0118. The van der Waals surface area contributed by atoms with Crippen molar-refractivity contribution in [3.8, 4) is 0 Å². The second-order valence-corrected chi connectivity index (χ2v) is 7.39. The summed E-state index contributed by atoms with van der Waals surface area (Å²) in [6.07, 6.45) is 2.33. The minimum absolute atomic E-state index is 0.0118. The largest absolute Gasteiger partial charge is 0.0710 e. The molecule has 0 saturated heterocycles. The summed E-state index contributed by atoms with van der Waals surface area (Å²) in [6, 6.07) is 17.0. The van der Waals surface area contributed by atoms with Gasteiger partial charge in [-0.2, -0.15) is 0 Å². The summed E-state index contributed by atoms with van der Waals surface area (Å²) in [7, 11) is 0. The normalized spacial score (nSPS) is 12.6. The van der Waals surface area contributed by atoms with Crippen molar-refractivity contribution in [2.75, 3.05) is 0 Å². The molecule has 0 atom stereocenters. The molecule has 0 fully saturated rings. The summed E-state index contributed by atoms with van der Waals surface area (Å²) in [5, 5.41) is 0. The van der Waals surface area contributed by atoms with Crippen molar-refractivity contribution < 1.29 is 0 Å². The molecule has 0 aliphatic rings. The van der Waals surface area contributed by atoms with E-state index in [1.54, 1.807) is 0 Å². The van der Waals surface area contributed by atoms with Crippen molar-refractivity contribution in [2.24, 2.45) is 0 Å². The van der Waals surface area contributed by atoms with Crippen LogP contribution in [0.4, 0.5) is 0 Å². The van der Waals surface area contributed by atoms with Gasteiger partial charge in [0.15, 0.2) is 0 Å². The Balaban J connectivity index is 2.31. The van der Waals surface area contributed by atoms with E-state index in [1.165, 1.54) is 16.7 Å². The molecule has 0 aliphatic heterocycles. The third-order valence-electron chi connectivity index (χ3n) is 3.47. The highest BCUT2D eigenvalue weighted by molar-refractivity contribution is 9.10. The molecule has 2 aromatic carbocycles. The topological polar surface area (TPSA) is 0 Å². The highest BCUT2D eigenvalue weighted by Gasteiger charge is 2.18. The van der Waals surface area contributed by atoms with Gasteiger partial charge in [-0.3, -0.25) is 0 Å². The lowest BCUT2D eigenvalue weighted by atomic mass is 9.82. The maximum Gasteiger partial charge on any atom is 0.0175 e. The van der Waals surface area contributed by atoms with E-state index in [0.717, 1.165) is 8.95 Å². The van der Waals surface area contributed by atoms with Crippen molar-refractivity contribution >= 4 is 37.4 Å². The Morgan fingerprint density at radius 2 is 1.30 bits per heavy atom. The molecule has 0 aliphatic carbocycles. The predicted octanol–water partition coefficient (Wildman–Crippen LogP) is 6.59. The van der Waals surface area contributed by atoms with Gasteiger partial charge in [-0.05, 0) is 47.9 Å². The van der Waals surface area contributed by atoms with Gasteiger partial charge in [-0.15, -0.1) is 0 Å². The van der Waals surface area contributed by atoms with Crippen molar-refractivity contribution in [2.45, 2.75) is 26.2 Å². The Morgan fingerprint density at radius 3 is 1.80 bits per heavy atom. The average Bonchev–Trinajstić information content (AvgIpc) is 2.39. The van der Waals surface area contributed by atoms with Crippen LogP contribution in [0.5, 0.6) is 0 Å². The maximum absolute atomic E-state index is 3.49. The summed E-state index contributed by atoms with van der Waals surface area (Å²) < 4.78 is 2.23. The number of halogens is 2. The minimum Gasteiger partial charge on any atom is -0.0710 e. The lowest BCUT2D eigenvalue weighted by Crippen LogP contribution is -2.13. The number of allylic oxidation sites excluding steroid dienone is 2. The molecule has 0 nitrogen and oxygen atoms in total. The van der Waals surface area contributed by atoms with E-state index in [-0.39, 0.29) is 5.41 Å². The van der Waals surface area contributed by atoms with E-state index in [9.17, 15) is 0 Å². The first-order valence-electron chi connectivity index (χ1n) is 6.60. The Hall–Kier alpha value is -0.860. The molecule has 2 heteroatoms. The van der Waals surface area contributed by atoms with Gasteiger partial charge in [-0.25, -0.2) is 0 Å². The van der Waals surface area contributed by atoms with Crippen LogP contribution in [-0.4, -0.2) is 0 Å². The van der Waals surface area contributed by atoms with Crippen molar-refractivity contribution in [3.63, 3.8) is 0 Å². The van der Waals surface area contributed by atoms with E-state index >= 15 is 0 Å². The Morgan fingerprint density at radius 1 is 0.850 bits per heavy atom. The molecule has 104 valence electrons. The summed E-state index contributed by atoms with van der Waals surface area (Å²) in [6.45, 7) is 6.67. The zero-order chi connectivity index (χ0) is 14.8. The Labute approximate surface area is 138 Å². The van der Waals surface area contributed by atoms with Crippen molar-refractivity contribution in [3.05, 3.63) is 74.7 Å². The van der Waals surface area contributed by atoms with Gasteiger partial charge in [0.25, 0.3) is 0 Å².